The van der Waals surface area contributed by atoms with Gasteiger partial charge < -0.3 is 0 Å². The van der Waals surface area contributed by atoms with Crippen molar-refractivity contribution >= 4 is 5.78 Å². The number of ketones is 1. The molecular weight excluding hydrogens is 150 g/mol. The highest BCUT2D eigenvalue weighted by Gasteiger charge is 2.41. The molecule has 3 heteroatoms. The Bertz CT molecular complexity index is 215. The summed E-state index contributed by atoms with van der Waals surface area (Å²) in [6.07, 6.45) is 4.46. The van der Waals surface area contributed by atoms with Gasteiger partial charge >= 0.3 is 0 Å². The van der Waals surface area contributed by atoms with Crippen LogP contribution in [0.25, 0.3) is 0 Å². The molecule has 0 spiro atoms. The molecule has 1 atom stereocenters. The van der Waals surface area contributed by atoms with Crippen LogP contribution in [-0.4, -0.2) is 11.7 Å². The zero-order valence-corrected chi connectivity index (χ0v) is 5.94. The molecule has 1 saturated carbocycles. The molecule has 0 aromatic carbocycles. The molecule has 11 heavy (non-hydrogen) atoms. The predicted octanol–water partition coefficient (Wildman–Crippen LogP) is 1.62. The maximum atomic E-state index is 12.5. The molecule has 0 heterocycles. The maximum absolute atomic E-state index is 12.5. The smallest absolute Gasteiger partial charge is 0.248 e. The molecule has 0 radical (unpaired) electrons. The summed E-state index contributed by atoms with van der Waals surface area (Å²) in [5.41, 5.74) is 0. The largest absolute Gasteiger partial charge is 0.285 e. The number of carbonyl (C=O) groups is 1. The molecule has 0 amide bonds. The first-order chi connectivity index (χ1) is 5.05. The van der Waals surface area contributed by atoms with Gasteiger partial charge in [-0.2, -0.15) is 0 Å². The lowest BCUT2D eigenvalue weighted by Crippen LogP contribution is -2.13. The third kappa shape index (κ3) is 1.76. The molecule has 1 rings (SSSR count). The van der Waals surface area contributed by atoms with Crippen LogP contribution in [0, 0.1) is 18.3 Å². The van der Waals surface area contributed by atoms with Crippen molar-refractivity contribution < 1.29 is 13.6 Å². The fourth-order valence-corrected chi connectivity index (χ4v) is 1.29. The number of alkyl halides is 2. The van der Waals surface area contributed by atoms with Crippen LogP contribution in [0.3, 0.4) is 0 Å². The van der Waals surface area contributed by atoms with E-state index in [9.17, 15) is 13.6 Å². The van der Waals surface area contributed by atoms with Gasteiger partial charge in [-0.3, -0.25) is 4.79 Å². The van der Waals surface area contributed by atoms with Crippen LogP contribution >= 0.6 is 0 Å². The Morgan fingerprint density at radius 1 is 1.64 bits per heavy atom. The van der Waals surface area contributed by atoms with Crippen molar-refractivity contribution in [3.05, 3.63) is 0 Å². The molecule has 1 aliphatic carbocycles. The van der Waals surface area contributed by atoms with Crippen molar-refractivity contribution in [3.63, 3.8) is 0 Å². The van der Waals surface area contributed by atoms with E-state index in [-0.39, 0.29) is 19.3 Å². The Labute approximate surface area is 63.8 Å². The quantitative estimate of drug-likeness (QED) is 0.418. The minimum absolute atomic E-state index is 0.203. The van der Waals surface area contributed by atoms with Gasteiger partial charge in [-0.05, 0) is 12.3 Å². The van der Waals surface area contributed by atoms with E-state index in [1.54, 1.807) is 0 Å². The van der Waals surface area contributed by atoms with E-state index in [0.29, 0.717) is 0 Å². The van der Waals surface area contributed by atoms with Gasteiger partial charge in [0.1, 0.15) is 0 Å². The van der Waals surface area contributed by atoms with Crippen molar-refractivity contribution in [1.82, 2.24) is 0 Å². The highest BCUT2D eigenvalue weighted by Crippen LogP contribution is 2.38. The van der Waals surface area contributed by atoms with Crippen LogP contribution in [0.15, 0.2) is 0 Å². The number of hydrogen-bond donors (Lipinski definition) is 0. The fourth-order valence-electron chi connectivity index (χ4n) is 1.29. The summed E-state index contributed by atoms with van der Waals surface area (Å²) in [5.74, 6) is -1.88. The highest BCUT2D eigenvalue weighted by molar-refractivity contribution is 5.96. The molecule has 60 valence electrons. The monoisotopic (exact) mass is 158 g/mol. The summed E-state index contributed by atoms with van der Waals surface area (Å²) >= 11 is 0. The Kier molecular flexibility index (Phi) is 1.95. The van der Waals surface area contributed by atoms with Crippen LogP contribution in [0.5, 0.6) is 0 Å². The summed E-state index contributed by atoms with van der Waals surface area (Å²) in [7, 11) is 0. The van der Waals surface area contributed by atoms with Crippen LogP contribution < -0.4 is 0 Å². The topological polar surface area (TPSA) is 17.1 Å². The summed E-state index contributed by atoms with van der Waals surface area (Å²) in [6, 6.07) is 0. The molecule has 0 aromatic heterocycles. The van der Waals surface area contributed by atoms with Crippen LogP contribution in [0.4, 0.5) is 8.78 Å². The normalized spacial score (nSPS) is 27.9. The minimum Gasteiger partial charge on any atom is -0.285 e. The first-order valence-corrected chi connectivity index (χ1v) is 3.43. The molecule has 1 fully saturated rings. The van der Waals surface area contributed by atoms with Gasteiger partial charge in [-0.15, -0.1) is 6.42 Å². The van der Waals surface area contributed by atoms with E-state index < -0.39 is 17.6 Å². The number of terminal acetylenes is 1. The lowest BCUT2D eigenvalue weighted by atomic mass is 10.0. The molecule has 0 saturated heterocycles. The highest BCUT2D eigenvalue weighted by atomic mass is 19.3. The van der Waals surface area contributed by atoms with Crippen LogP contribution in [-0.2, 0) is 4.79 Å². The Balaban J connectivity index is 2.57. The number of Topliss-reactive ketones (excluding diaryl/α,β-unsaturated/α-hetero) is 1. The van der Waals surface area contributed by atoms with Gasteiger partial charge in [-0.25, -0.2) is 8.78 Å². The van der Waals surface area contributed by atoms with E-state index in [1.807, 2.05) is 5.92 Å². The van der Waals surface area contributed by atoms with E-state index in [4.69, 9.17) is 6.42 Å². The van der Waals surface area contributed by atoms with E-state index in [0.717, 1.165) is 0 Å². The predicted molar refractivity (Wildman–Crippen MR) is 36.1 cm³/mol. The molecule has 1 unspecified atom stereocenters. The van der Waals surface area contributed by atoms with Gasteiger partial charge in [0.05, 0.1) is 0 Å². The summed E-state index contributed by atoms with van der Waals surface area (Å²) in [5, 5.41) is 0. The first-order valence-electron chi connectivity index (χ1n) is 3.43. The molecule has 0 aromatic rings. The average molecular weight is 158 g/mol. The van der Waals surface area contributed by atoms with Crippen molar-refractivity contribution in [1.29, 1.82) is 0 Å². The third-order valence-corrected chi connectivity index (χ3v) is 1.92. The Morgan fingerprint density at radius 3 is 2.64 bits per heavy atom. The number of halogens is 2. The van der Waals surface area contributed by atoms with Crippen molar-refractivity contribution in [2.45, 2.75) is 25.2 Å². The zero-order valence-electron chi connectivity index (χ0n) is 5.94. The lowest BCUT2D eigenvalue weighted by Gasteiger charge is -2.05. The molecule has 0 bridgehead atoms. The fraction of sp³-hybridized carbons (Fsp3) is 0.625. The van der Waals surface area contributed by atoms with Gasteiger partial charge in [0.2, 0.25) is 11.7 Å². The van der Waals surface area contributed by atoms with Crippen molar-refractivity contribution in [2.24, 2.45) is 5.92 Å². The standard InChI is InChI=1S/C8H8F2O/c1-2-7(11)6-3-4-8(9,10)5-6/h1,6H,3-5H2. The van der Waals surface area contributed by atoms with E-state index >= 15 is 0 Å². The summed E-state index contributed by atoms with van der Waals surface area (Å²) in [6.45, 7) is 0. The molecular formula is C8H8F2O. The molecule has 0 aliphatic heterocycles. The minimum atomic E-state index is -2.67. The summed E-state index contributed by atoms with van der Waals surface area (Å²) in [4.78, 5) is 10.7. The van der Waals surface area contributed by atoms with Gasteiger partial charge in [0.25, 0.3) is 0 Å². The summed E-state index contributed by atoms with van der Waals surface area (Å²) < 4.78 is 24.9. The molecule has 0 N–H and O–H groups in total. The SMILES string of the molecule is C#CC(=O)C1CCC(F)(F)C1. The number of hydrogen-bond acceptors (Lipinski definition) is 1. The van der Waals surface area contributed by atoms with Crippen LogP contribution in [0.2, 0.25) is 0 Å². The first kappa shape index (κ1) is 8.19. The lowest BCUT2D eigenvalue weighted by molar-refractivity contribution is -0.118. The Morgan fingerprint density at radius 2 is 2.27 bits per heavy atom. The van der Waals surface area contributed by atoms with Gasteiger partial charge in [0, 0.05) is 18.8 Å². The van der Waals surface area contributed by atoms with E-state index in [2.05, 4.69) is 0 Å². The number of rotatable bonds is 1. The second-order valence-corrected chi connectivity index (χ2v) is 2.80. The zero-order chi connectivity index (χ0) is 8.48. The van der Waals surface area contributed by atoms with Crippen molar-refractivity contribution in [3.8, 4) is 12.3 Å². The maximum Gasteiger partial charge on any atom is 0.248 e. The van der Waals surface area contributed by atoms with Crippen molar-refractivity contribution in [2.75, 3.05) is 0 Å². The second-order valence-electron chi connectivity index (χ2n) is 2.80. The van der Waals surface area contributed by atoms with Gasteiger partial charge in [0.15, 0.2) is 0 Å². The number of carbonyl (C=O) groups excluding carboxylic acids is 1. The van der Waals surface area contributed by atoms with E-state index in [1.165, 1.54) is 0 Å². The molecule has 1 nitrogen and oxygen atoms in total. The van der Waals surface area contributed by atoms with Crippen LogP contribution in [0.1, 0.15) is 19.3 Å². The Hall–Kier alpha value is -0.910. The average Bonchev–Trinajstić information content (AvgIpc) is 2.29. The second kappa shape index (κ2) is 2.61. The van der Waals surface area contributed by atoms with Gasteiger partial charge in [-0.1, -0.05) is 0 Å². The molecule has 1 aliphatic rings. The third-order valence-electron chi connectivity index (χ3n) is 1.92.